The second-order valence-corrected chi connectivity index (χ2v) is 4.46. The Bertz CT molecular complexity index is 623. The van der Waals surface area contributed by atoms with Crippen molar-refractivity contribution in [3.63, 3.8) is 0 Å². The highest BCUT2D eigenvalue weighted by Gasteiger charge is 2.29. The lowest BCUT2D eigenvalue weighted by Crippen LogP contribution is -2.42. The Hall–Kier alpha value is -2.23. The van der Waals surface area contributed by atoms with Crippen molar-refractivity contribution in [2.45, 2.75) is 6.10 Å². The molecule has 0 saturated carbocycles. The van der Waals surface area contributed by atoms with E-state index in [1.807, 2.05) is 48.3 Å². The number of benzene rings is 2. The number of ether oxygens (including phenoxy) is 1. The molecular weight excluding hydrogens is 230 g/mol. The molecule has 0 spiro atoms. The van der Waals surface area contributed by atoms with Gasteiger partial charge in [-0.2, -0.15) is 0 Å². The molecule has 0 fully saturated rings. The number of aliphatic carboxylic acids is 1. The van der Waals surface area contributed by atoms with Gasteiger partial charge in [-0.05, 0) is 11.5 Å². The number of nitrogens with zero attached hydrogens (tertiary/aromatic N) is 1. The lowest BCUT2D eigenvalue weighted by atomic mass is 10.1. The molecule has 1 N–H and O–H groups in total. The average Bonchev–Trinajstić information content (AvgIpc) is 2.37. The van der Waals surface area contributed by atoms with Crippen LogP contribution in [0.1, 0.15) is 0 Å². The zero-order valence-electron chi connectivity index (χ0n) is 9.96. The van der Waals surface area contributed by atoms with Gasteiger partial charge in [-0.3, -0.25) is 0 Å². The van der Waals surface area contributed by atoms with Gasteiger partial charge in [0.1, 0.15) is 5.75 Å². The Balaban J connectivity index is 2.17. The first-order valence-corrected chi connectivity index (χ1v) is 5.79. The van der Waals surface area contributed by atoms with Gasteiger partial charge in [0.25, 0.3) is 0 Å². The summed E-state index contributed by atoms with van der Waals surface area (Å²) in [5.41, 5.74) is 0.964. The fraction of sp³-hybridized carbons (Fsp3) is 0.214. The van der Waals surface area contributed by atoms with Gasteiger partial charge in [0.2, 0.25) is 6.10 Å². The number of hydrogen-bond acceptors (Lipinski definition) is 3. The number of carbonyl (C=O) groups is 1. The first-order valence-electron chi connectivity index (χ1n) is 5.79. The molecule has 0 radical (unpaired) electrons. The van der Waals surface area contributed by atoms with Crippen LogP contribution in [0.15, 0.2) is 36.4 Å². The van der Waals surface area contributed by atoms with E-state index in [1.165, 1.54) is 0 Å². The number of carboxylic acid groups (broad SMARTS) is 1. The minimum Gasteiger partial charge on any atom is -0.478 e. The molecule has 0 aromatic heterocycles. The normalized spacial score (nSPS) is 18.3. The molecule has 2 aromatic carbocycles. The van der Waals surface area contributed by atoms with E-state index >= 15 is 0 Å². The summed E-state index contributed by atoms with van der Waals surface area (Å²) in [6.07, 6.45) is -0.802. The van der Waals surface area contributed by atoms with Crippen LogP contribution < -0.4 is 9.64 Å². The molecule has 1 atom stereocenters. The summed E-state index contributed by atoms with van der Waals surface area (Å²) in [4.78, 5) is 13.0. The first kappa shape index (κ1) is 10.9. The quantitative estimate of drug-likeness (QED) is 0.833. The Morgan fingerprint density at radius 2 is 2.11 bits per heavy atom. The number of carboxylic acids is 1. The standard InChI is InChI=1S/C14H13NO3/c1-15-8-12(14(16)17)18-11-7-6-9-4-2-3-5-10(9)13(11)15/h2-7,12H,8H2,1H3,(H,16,17). The molecule has 92 valence electrons. The Morgan fingerprint density at radius 1 is 1.33 bits per heavy atom. The van der Waals surface area contributed by atoms with Gasteiger partial charge in [0.15, 0.2) is 0 Å². The van der Waals surface area contributed by atoms with Gasteiger partial charge < -0.3 is 14.7 Å². The maximum absolute atomic E-state index is 11.0. The molecule has 0 aliphatic carbocycles. The SMILES string of the molecule is CN1CC(C(=O)O)Oc2ccc3ccccc3c21. The largest absolute Gasteiger partial charge is 0.478 e. The first-order chi connectivity index (χ1) is 8.66. The maximum Gasteiger partial charge on any atom is 0.346 e. The molecule has 1 aliphatic heterocycles. The fourth-order valence-electron chi connectivity index (χ4n) is 2.38. The summed E-state index contributed by atoms with van der Waals surface area (Å²) >= 11 is 0. The molecule has 0 amide bonds. The molecule has 1 unspecified atom stereocenters. The molecular formula is C14H13NO3. The van der Waals surface area contributed by atoms with Crippen LogP contribution in [0, 0.1) is 0 Å². The smallest absolute Gasteiger partial charge is 0.346 e. The summed E-state index contributed by atoms with van der Waals surface area (Å²) in [6, 6.07) is 11.8. The van der Waals surface area contributed by atoms with Crippen LogP contribution in [0.25, 0.3) is 10.8 Å². The Kier molecular flexibility index (Phi) is 2.37. The molecule has 4 heteroatoms. The zero-order chi connectivity index (χ0) is 12.7. The van der Waals surface area contributed by atoms with Crippen LogP contribution in [-0.4, -0.2) is 30.8 Å². The van der Waals surface area contributed by atoms with Crippen molar-refractivity contribution in [2.24, 2.45) is 0 Å². The molecule has 1 aliphatic rings. The van der Waals surface area contributed by atoms with E-state index in [4.69, 9.17) is 9.84 Å². The van der Waals surface area contributed by atoms with Crippen molar-refractivity contribution in [2.75, 3.05) is 18.5 Å². The van der Waals surface area contributed by atoms with Crippen LogP contribution in [0.4, 0.5) is 5.69 Å². The van der Waals surface area contributed by atoms with Gasteiger partial charge >= 0.3 is 5.97 Å². The van der Waals surface area contributed by atoms with Gasteiger partial charge in [-0.15, -0.1) is 0 Å². The molecule has 1 heterocycles. The fourth-order valence-corrected chi connectivity index (χ4v) is 2.38. The summed E-state index contributed by atoms with van der Waals surface area (Å²) < 4.78 is 5.53. The number of rotatable bonds is 1. The molecule has 18 heavy (non-hydrogen) atoms. The van der Waals surface area contributed by atoms with Gasteiger partial charge in [-0.1, -0.05) is 30.3 Å². The van der Waals surface area contributed by atoms with Gasteiger partial charge in [-0.25, -0.2) is 4.79 Å². The Labute approximate surface area is 104 Å². The van der Waals surface area contributed by atoms with Crippen LogP contribution >= 0.6 is 0 Å². The van der Waals surface area contributed by atoms with Crippen molar-refractivity contribution in [1.29, 1.82) is 0 Å². The van der Waals surface area contributed by atoms with Crippen molar-refractivity contribution < 1.29 is 14.6 Å². The van der Waals surface area contributed by atoms with Crippen molar-refractivity contribution >= 4 is 22.4 Å². The molecule has 0 bridgehead atoms. The lowest BCUT2D eigenvalue weighted by molar-refractivity contribution is -0.144. The highest BCUT2D eigenvalue weighted by Crippen LogP contribution is 2.38. The topological polar surface area (TPSA) is 49.8 Å². The van der Waals surface area contributed by atoms with E-state index in [0.717, 1.165) is 16.5 Å². The van der Waals surface area contributed by atoms with Crippen molar-refractivity contribution in [3.8, 4) is 5.75 Å². The molecule has 2 aromatic rings. The minimum atomic E-state index is -0.930. The summed E-state index contributed by atoms with van der Waals surface area (Å²) in [6.45, 7) is 0.357. The second-order valence-electron chi connectivity index (χ2n) is 4.46. The summed E-state index contributed by atoms with van der Waals surface area (Å²) in [7, 11) is 1.89. The minimum absolute atomic E-state index is 0.357. The van der Waals surface area contributed by atoms with E-state index in [-0.39, 0.29) is 0 Å². The summed E-state index contributed by atoms with van der Waals surface area (Å²) in [5, 5.41) is 11.3. The predicted molar refractivity (Wildman–Crippen MR) is 69.3 cm³/mol. The average molecular weight is 243 g/mol. The number of anilines is 1. The van der Waals surface area contributed by atoms with E-state index < -0.39 is 12.1 Å². The molecule has 4 nitrogen and oxygen atoms in total. The maximum atomic E-state index is 11.0. The third-order valence-electron chi connectivity index (χ3n) is 3.23. The van der Waals surface area contributed by atoms with E-state index in [2.05, 4.69) is 0 Å². The van der Waals surface area contributed by atoms with E-state index in [9.17, 15) is 4.79 Å². The number of likely N-dealkylation sites (N-methyl/N-ethyl adjacent to an activating group) is 1. The van der Waals surface area contributed by atoms with Crippen LogP contribution in [0.3, 0.4) is 0 Å². The number of hydrogen-bond donors (Lipinski definition) is 1. The van der Waals surface area contributed by atoms with E-state index in [0.29, 0.717) is 12.3 Å². The molecule has 0 saturated heterocycles. The summed E-state index contributed by atoms with van der Waals surface area (Å²) in [5.74, 6) is -0.296. The van der Waals surface area contributed by atoms with Crippen molar-refractivity contribution in [1.82, 2.24) is 0 Å². The van der Waals surface area contributed by atoms with Crippen LogP contribution in [-0.2, 0) is 4.79 Å². The Morgan fingerprint density at radius 3 is 2.89 bits per heavy atom. The zero-order valence-corrected chi connectivity index (χ0v) is 9.96. The third kappa shape index (κ3) is 1.57. The lowest BCUT2D eigenvalue weighted by Gasteiger charge is -2.32. The monoisotopic (exact) mass is 243 g/mol. The van der Waals surface area contributed by atoms with Gasteiger partial charge in [0.05, 0.1) is 12.2 Å². The van der Waals surface area contributed by atoms with Crippen LogP contribution in [0.2, 0.25) is 0 Å². The van der Waals surface area contributed by atoms with E-state index in [1.54, 1.807) is 0 Å². The van der Waals surface area contributed by atoms with Gasteiger partial charge in [0, 0.05) is 12.4 Å². The second kappa shape index (κ2) is 3.91. The number of fused-ring (bicyclic) bond motifs is 3. The predicted octanol–water partition coefficient (Wildman–Crippen LogP) is 2.12. The molecule has 3 rings (SSSR count). The highest BCUT2D eigenvalue weighted by molar-refractivity contribution is 5.98. The highest BCUT2D eigenvalue weighted by atomic mass is 16.5. The van der Waals surface area contributed by atoms with Crippen molar-refractivity contribution in [3.05, 3.63) is 36.4 Å². The van der Waals surface area contributed by atoms with Crippen LogP contribution in [0.5, 0.6) is 5.75 Å². The third-order valence-corrected chi connectivity index (χ3v) is 3.23.